The summed E-state index contributed by atoms with van der Waals surface area (Å²) in [4.78, 5) is 0. The van der Waals surface area contributed by atoms with Crippen molar-refractivity contribution in [3.8, 4) is 0 Å². The molecule has 0 radical (unpaired) electrons. The van der Waals surface area contributed by atoms with Crippen molar-refractivity contribution in [1.82, 2.24) is 0 Å². The van der Waals surface area contributed by atoms with Crippen LogP contribution >= 0.6 is 8.81 Å². The van der Waals surface area contributed by atoms with E-state index in [4.69, 9.17) is 19.1 Å². The molecule has 0 saturated carbocycles. The first-order chi connectivity index (χ1) is 9.89. The second-order valence-electron chi connectivity index (χ2n) is 6.33. The SMILES string of the molecule is COPC[C@H](C)C/C=C\C(C)[C@H]1OC(C)(C)O[C@H]1CCO. The lowest BCUT2D eigenvalue weighted by atomic mass is 9.96. The van der Waals surface area contributed by atoms with E-state index in [-0.39, 0.29) is 24.7 Å². The van der Waals surface area contributed by atoms with Gasteiger partial charge in [-0.15, -0.1) is 0 Å². The lowest BCUT2D eigenvalue weighted by molar-refractivity contribution is -0.149. The summed E-state index contributed by atoms with van der Waals surface area (Å²) in [6, 6.07) is 0. The quantitative estimate of drug-likeness (QED) is 0.523. The van der Waals surface area contributed by atoms with E-state index < -0.39 is 5.79 Å². The number of hydrogen-bond donors (Lipinski definition) is 1. The van der Waals surface area contributed by atoms with Gasteiger partial charge in [0.25, 0.3) is 0 Å². The molecule has 1 fully saturated rings. The maximum Gasteiger partial charge on any atom is 0.163 e. The molecule has 1 rings (SSSR count). The highest BCUT2D eigenvalue weighted by Gasteiger charge is 2.42. The zero-order valence-electron chi connectivity index (χ0n) is 14.0. The average molecular weight is 318 g/mol. The highest BCUT2D eigenvalue weighted by atomic mass is 31.1. The van der Waals surface area contributed by atoms with Gasteiger partial charge < -0.3 is 19.1 Å². The van der Waals surface area contributed by atoms with Gasteiger partial charge in [-0.25, -0.2) is 0 Å². The van der Waals surface area contributed by atoms with Gasteiger partial charge >= 0.3 is 0 Å². The molecule has 0 aromatic carbocycles. The molecule has 124 valence electrons. The molecule has 5 heteroatoms. The third kappa shape index (κ3) is 6.75. The van der Waals surface area contributed by atoms with Gasteiger partial charge in [-0.05, 0) is 38.8 Å². The van der Waals surface area contributed by atoms with Crippen LogP contribution in [0.5, 0.6) is 0 Å². The number of hydrogen-bond acceptors (Lipinski definition) is 4. The minimum Gasteiger partial charge on any atom is -0.396 e. The van der Waals surface area contributed by atoms with Crippen molar-refractivity contribution in [1.29, 1.82) is 0 Å². The second-order valence-corrected chi connectivity index (χ2v) is 7.44. The number of ether oxygens (including phenoxy) is 2. The molecule has 0 aromatic heterocycles. The van der Waals surface area contributed by atoms with E-state index in [0.717, 1.165) is 12.6 Å². The molecule has 4 nitrogen and oxygen atoms in total. The summed E-state index contributed by atoms with van der Waals surface area (Å²) in [6.45, 7) is 8.39. The van der Waals surface area contributed by atoms with Crippen LogP contribution in [0.3, 0.4) is 0 Å². The standard InChI is InChI=1S/C16H31O4P/c1-12(11-21-18-5)7-6-8-13(2)15-14(9-10-17)19-16(3,4)20-15/h6,8,12-15,17,21H,7,9-11H2,1-5H3/b8-6-/t12-,13?,14+,15-/m1/s1. The van der Waals surface area contributed by atoms with Crippen LogP contribution in [-0.4, -0.2) is 43.0 Å². The Hall–Kier alpha value is 0.0100. The fourth-order valence-electron chi connectivity index (χ4n) is 2.60. The zero-order chi connectivity index (χ0) is 15.9. The summed E-state index contributed by atoms with van der Waals surface area (Å²) in [7, 11) is 2.34. The van der Waals surface area contributed by atoms with Crippen molar-refractivity contribution in [2.24, 2.45) is 11.8 Å². The second kappa shape index (κ2) is 9.22. The lowest BCUT2D eigenvalue weighted by Gasteiger charge is -2.21. The summed E-state index contributed by atoms with van der Waals surface area (Å²) in [5.41, 5.74) is 0. The van der Waals surface area contributed by atoms with E-state index >= 15 is 0 Å². The third-order valence-electron chi connectivity index (χ3n) is 3.71. The van der Waals surface area contributed by atoms with Crippen LogP contribution in [0.4, 0.5) is 0 Å². The Morgan fingerprint density at radius 1 is 1.33 bits per heavy atom. The summed E-state index contributed by atoms with van der Waals surface area (Å²) in [5, 5.41) is 9.16. The number of allylic oxidation sites excluding steroid dienone is 1. The third-order valence-corrected chi connectivity index (χ3v) is 4.86. The summed E-state index contributed by atoms with van der Waals surface area (Å²) >= 11 is 0. The topological polar surface area (TPSA) is 47.9 Å². The van der Waals surface area contributed by atoms with Crippen molar-refractivity contribution in [2.45, 2.75) is 58.5 Å². The molecular formula is C16H31O4P. The Balaban J connectivity index is 2.47. The Morgan fingerprint density at radius 3 is 2.67 bits per heavy atom. The van der Waals surface area contributed by atoms with Crippen LogP contribution in [0.15, 0.2) is 12.2 Å². The van der Waals surface area contributed by atoms with Crippen LogP contribution in [-0.2, 0) is 14.0 Å². The molecule has 0 aromatic rings. The van der Waals surface area contributed by atoms with E-state index in [2.05, 4.69) is 26.0 Å². The molecule has 0 aliphatic carbocycles. The average Bonchev–Trinajstić information content (AvgIpc) is 2.72. The van der Waals surface area contributed by atoms with Crippen molar-refractivity contribution in [3.63, 3.8) is 0 Å². The smallest absolute Gasteiger partial charge is 0.163 e. The van der Waals surface area contributed by atoms with Crippen LogP contribution in [0.1, 0.15) is 40.5 Å². The van der Waals surface area contributed by atoms with Gasteiger partial charge in [0.2, 0.25) is 0 Å². The molecule has 0 spiro atoms. The van der Waals surface area contributed by atoms with E-state index in [1.807, 2.05) is 13.8 Å². The van der Waals surface area contributed by atoms with E-state index in [1.54, 1.807) is 7.11 Å². The number of rotatable bonds is 9. The first-order valence-corrected chi connectivity index (χ1v) is 8.90. The molecule has 0 bridgehead atoms. The van der Waals surface area contributed by atoms with Crippen LogP contribution in [0.25, 0.3) is 0 Å². The van der Waals surface area contributed by atoms with E-state index in [9.17, 15) is 0 Å². The Bertz CT molecular complexity index is 319. The Labute approximate surface area is 131 Å². The molecule has 1 saturated heterocycles. The minimum absolute atomic E-state index is 0.0135. The predicted octanol–water partition coefficient (Wildman–Crippen LogP) is 3.35. The monoisotopic (exact) mass is 318 g/mol. The molecule has 0 amide bonds. The molecule has 1 aliphatic rings. The van der Waals surface area contributed by atoms with Gasteiger partial charge in [-0.2, -0.15) is 0 Å². The normalized spacial score (nSPS) is 28.7. The summed E-state index contributed by atoms with van der Waals surface area (Å²) < 4.78 is 17.0. The minimum atomic E-state index is -0.556. The lowest BCUT2D eigenvalue weighted by Crippen LogP contribution is -2.29. The molecule has 2 unspecified atom stereocenters. The van der Waals surface area contributed by atoms with Crippen molar-refractivity contribution in [3.05, 3.63) is 12.2 Å². The van der Waals surface area contributed by atoms with Gasteiger partial charge in [0, 0.05) is 28.4 Å². The van der Waals surface area contributed by atoms with Crippen LogP contribution in [0, 0.1) is 11.8 Å². The fourth-order valence-corrected chi connectivity index (χ4v) is 3.22. The number of aliphatic hydroxyl groups excluding tert-OH is 1. The van der Waals surface area contributed by atoms with Gasteiger partial charge in [0.1, 0.15) is 0 Å². The van der Waals surface area contributed by atoms with Crippen molar-refractivity contribution >= 4 is 8.81 Å². The van der Waals surface area contributed by atoms with E-state index in [1.165, 1.54) is 0 Å². The molecule has 1 N–H and O–H groups in total. The highest BCUT2D eigenvalue weighted by Crippen LogP contribution is 2.34. The largest absolute Gasteiger partial charge is 0.396 e. The Morgan fingerprint density at radius 2 is 2.05 bits per heavy atom. The van der Waals surface area contributed by atoms with E-state index in [0.29, 0.717) is 21.1 Å². The van der Waals surface area contributed by atoms with Crippen LogP contribution < -0.4 is 0 Å². The predicted molar refractivity (Wildman–Crippen MR) is 87.8 cm³/mol. The van der Waals surface area contributed by atoms with Crippen molar-refractivity contribution in [2.75, 3.05) is 19.9 Å². The fraction of sp³-hybridized carbons (Fsp3) is 0.875. The molecular weight excluding hydrogens is 287 g/mol. The first-order valence-electron chi connectivity index (χ1n) is 7.78. The van der Waals surface area contributed by atoms with Gasteiger partial charge in [-0.1, -0.05) is 26.0 Å². The van der Waals surface area contributed by atoms with Crippen molar-refractivity contribution < 1.29 is 19.1 Å². The molecule has 1 aliphatic heterocycles. The molecule has 5 atom stereocenters. The first kappa shape index (κ1) is 19.1. The maximum absolute atomic E-state index is 9.16. The maximum atomic E-state index is 9.16. The zero-order valence-corrected chi connectivity index (χ0v) is 15.0. The molecule has 1 heterocycles. The summed E-state index contributed by atoms with van der Waals surface area (Å²) in [5.74, 6) is 0.358. The van der Waals surface area contributed by atoms with Gasteiger partial charge in [0.15, 0.2) is 5.79 Å². The van der Waals surface area contributed by atoms with Gasteiger partial charge in [-0.3, -0.25) is 0 Å². The summed E-state index contributed by atoms with van der Waals surface area (Å²) in [6.07, 6.45) is 7.22. The molecule has 21 heavy (non-hydrogen) atoms. The highest BCUT2D eigenvalue weighted by molar-refractivity contribution is 7.32. The van der Waals surface area contributed by atoms with Gasteiger partial charge in [0.05, 0.1) is 12.2 Å². The van der Waals surface area contributed by atoms with Crippen LogP contribution in [0.2, 0.25) is 0 Å². The number of aliphatic hydroxyl groups is 1. The Kier molecular flexibility index (Phi) is 8.36.